The summed E-state index contributed by atoms with van der Waals surface area (Å²) >= 11 is 5.83. The van der Waals surface area contributed by atoms with Crippen LogP contribution < -0.4 is 4.74 Å². The fourth-order valence-electron chi connectivity index (χ4n) is 1.40. The van der Waals surface area contributed by atoms with Gasteiger partial charge < -0.3 is 4.74 Å². The molecule has 0 spiro atoms. The van der Waals surface area contributed by atoms with Gasteiger partial charge in [0, 0.05) is 6.20 Å². The molecule has 1 aromatic carbocycles. The van der Waals surface area contributed by atoms with Crippen molar-refractivity contribution in [1.82, 2.24) is 4.98 Å². The summed E-state index contributed by atoms with van der Waals surface area (Å²) in [5.74, 6) is -0.228. The average molecular weight is 266 g/mol. The lowest BCUT2D eigenvalue weighted by Gasteiger charge is -2.09. The van der Waals surface area contributed by atoms with Crippen LogP contribution in [-0.4, -0.2) is 10.8 Å². The van der Waals surface area contributed by atoms with Crippen LogP contribution in [0.4, 0.5) is 4.39 Å². The van der Waals surface area contributed by atoms with Gasteiger partial charge in [0.25, 0.3) is 0 Å². The van der Waals surface area contributed by atoms with E-state index in [4.69, 9.17) is 16.3 Å². The number of ether oxygens (including phenoxy) is 1. The van der Waals surface area contributed by atoms with Crippen molar-refractivity contribution in [3.8, 4) is 11.6 Å². The van der Waals surface area contributed by atoms with Crippen LogP contribution in [0.3, 0.4) is 0 Å². The summed E-state index contributed by atoms with van der Waals surface area (Å²) in [6.07, 6.45) is 1.50. The van der Waals surface area contributed by atoms with E-state index in [1.807, 2.05) is 0 Å². The molecule has 92 valence electrons. The van der Waals surface area contributed by atoms with Crippen LogP contribution in [0.1, 0.15) is 17.3 Å². The second-order valence-corrected chi connectivity index (χ2v) is 4.00. The lowest BCUT2D eigenvalue weighted by molar-refractivity contribution is 0.101. The standard InChI is InChI=1S/C13H9ClFNO2/c1-8(17)10-3-2-6-16-13(10)18-12-5-4-9(15)7-11(12)14/h2-7H,1H3. The zero-order chi connectivity index (χ0) is 13.1. The van der Waals surface area contributed by atoms with E-state index in [-0.39, 0.29) is 22.4 Å². The molecule has 3 nitrogen and oxygen atoms in total. The molecular weight excluding hydrogens is 257 g/mol. The first-order chi connectivity index (χ1) is 8.58. The number of Topliss-reactive ketones (excluding diaryl/α,β-unsaturated/α-hetero) is 1. The number of hydrogen-bond acceptors (Lipinski definition) is 3. The molecular formula is C13H9ClFNO2. The molecule has 0 bridgehead atoms. The molecule has 18 heavy (non-hydrogen) atoms. The molecule has 2 aromatic rings. The van der Waals surface area contributed by atoms with Crippen molar-refractivity contribution in [2.75, 3.05) is 0 Å². The van der Waals surface area contributed by atoms with Gasteiger partial charge in [-0.05, 0) is 37.3 Å². The Labute approximate surface area is 108 Å². The maximum Gasteiger partial charge on any atom is 0.230 e. The summed E-state index contributed by atoms with van der Waals surface area (Å²) in [5, 5.41) is 0.121. The van der Waals surface area contributed by atoms with E-state index in [2.05, 4.69) is 4.98 Å². The molecule has 1 heterocycles. The number of benzene rings is 1. The minimum absolute atomic E-state index is 0.121. The van der Waals surface area contributed by atoms with E-state index in [0.717, 1.165) is 6.07 Å². The topological polar surface area (TPSA) is 39.2 Å². The van der Waals surface area contributed by atoms with Crippen LogP contribution in [0.2, 0.25) is 5.02 Å². The third-order valence-electron chi connectivity index (χ3n) is 2.25. The lowest BCUT2D eigenvalue weighted by atomic mass is 10.2. The molecule has 5 heteroatoms. The Morgan fingerprint density at radius 2 is 2.17 bits per heavy atom. The van der Waals surface area contributed by atoms with Crippen molar-refractivity contribution < 1.29 is 13.9 Å². The summed E-state index contributed by atoms with van der Waals surface area (Å²) in [6.45, 7) is 1.41. The Bertz CT molecular complexity index is 601. The van der Waals surface area contributed by atoms with Crippen LogP contribution in [0.5, 0.6) is 11.6 Å². The van der Waals surface area contributed by atoms with Crippen LogP contribution >= 0.6 is 11.6 Å². The molecule has 0 aliphatic heterocycles. The third kappa shape index (κ3) is 2.65. The smallest absolute Gasteiger partial charge is 0.230 e. The molecule has 0 saturated carbocycles. The van der Waals surface area contributed by atoms with Crippen LogP contribution in [0, 0.1) is 5.82 Å². The fourth-order valence-corrected chi connectivity index (χ4v) is 1.61. The molecule has 0 atom stereocenters. The number of aromatic nitrogens is 1. The molecule has 0 saturated heterocycles. The second-order valence-electron chi connectivity index (χ2n) is 3.59. The molecule has 0 amide bonds. The third-order valence-corrected chi connectivity index (χ3v) is 2.55. The largest absolute Gasteiger partial charge is 0.437 e. The number of hydrogen-bond donors (Lipinski definition) is 0. The maximum atomic E-state index is 12.9. The zero-order valence-electron chi connectivity index (χ0n) is 9.48. The molecule has 1 aromatic heterocycles. The number of carbonyl (C=O) groups is 1. The van der Waals surface area contributed by atoms with Crippen molar-refractivity contribution in [3.05, 3.63) is 52.9 Å². The number of pyridine rings is 1. The van der Waals surface area contributed by atoms with E-state index in [0.29, 0.717) is 5.56 Å². The van der Waals surface area contributed by atoms with Crippen molar-refractivity contribution in [2.24, 2.45) is 0 Å². The Hall–Kier alpha value is -1.94. The quantitative estimate of drug-likeness (QED) is 0.791. The number of ketones is 1. The molecule has 0 aliphatic rings. The SMILES string of the molecule is CC(=O)c1cccnc1Oc1ccc(F)cc1Cl. The van der Waals surface area contributed by atoms with Gasteiger partial charge in [-0.3, -0.25) is 4.79 Å². The molecule has 0 aliphatic carbocycles. The highest BCUT2D eigenvalue weighted by Gasteiger charge is 2.12. The molecule has 0 N–H and O–H groups in total. The van der Waals surface area contributed by atoms with Gasteiger partial charge in [0.2, 0.25) is 5.88 Å². The van der Waals surface area contributed by atoms with E-state index >= 15 is 0 Å². The van der Waals surface area contributed by atoms with E-state index in [9.17, 15) is 9.18 Å². The summed E-state index contributed by atoms with van der Waals surface area (Å²) in [4.78, 5) is 15.3. The van der Waals surface area contributed by atoms with Gasteiger partial charge in [-0.2, -0.15) is 0 Å². The van der Waals surface area contributed by atoms with Crippen LogP contribution in [0.25, 0.3) is 0 Å². The van der Waals surface area contributed by atoms with Crippen LogP contribution in [-0.2, 0) is 0 Å². The Kier molecular flexibility index (Phi) is 3.58. The van der Waals surface area contributed by atoms with Gasteiger partial charge in [-0.25, -0.2) is 9.37 Å². The monoisotopic (exact) mass is 265 g/mol. The highest BCUT2D eigenvalue weighted by Crippen LogP contribution is 2.30. The fraction of sp³-hybridized carbons (Fsp3) is 0.0769. The molecule has 0 fully saturated rings. The predicted octanol–water partition coefficient (Wildman–Crippen LogP) is 3.87. The van der Waals surface area contributed by atoms with Crippen molar-refractivity contribution in [3.63, 3.8) is 0 Å². The van der Waals surface area contributed by atoms with Gasteiger partial charge >= 0.3 is 0 Å². The second kappa shape index (κ2) is 5.14. The number of rotatable bonds is 3. The summed E-state index contributed by atoms with van der Waals surface area (Å²) in [5.41, 5.74) is 0.345. The summed E-state index contributed by atoms with van der Waals surface area (Å²) < 4.78 is 18.3. The van der Waals surface area contributed by atoms with E-state index in [1.54, 1.807) is 12.1 Å². The van der Waals surface area contributed by atoms with Crippen molar-refractivity contribution in [1.29, 1.82) is 0 Å². The Morgan fingerprint density at radius 1 is 1.39 bits per heavy atom. The van der Waals surface area contributed by atoms with E-state index < -0.39 is 5.82 Å². The van der Waals surface area contributed by atoms with Gasteiger partial charge in [0.1, 0.15) is 11.6 Å². The predicted molar refractivity (Wildman–Crippen MR) is 65.7 cm³/mol. The summed E-state index contributed by atoms with van der Waals surface area (Å²) in [7, 11) is 0. The first-order valence-electron chi connectivity index (χ1n) is 5.17. The van der Waals surface area contributed by atoms with Crippen molar-refractivity contribution in [2.45, 2.75) is 6.92 Å². The van der Waals surface area contributed by atoms with E-state index in [1.165, 1.54) is 25.3 Å². The van der Waals surface area contributed by atoms with Crippen LogP contribution in [0.15, 0.2) is 36.5 Å². The highest BCUT2D eigenvalue weighted by atomic mass is 35.5. The molecule has 0 unspecified atom stereocenters. The Morgan fingerprint density at radius 3 is 2.83 bits per heavy atom. The minimum atomic E-state index is -0.458. The minimum Gasteiger partial charge on any atom is -0.437 e. The van der Waals surface area contributed by atoms with Crippen molar-refractivity contribution >= 4 is 17.4 Å². The first kappa shape index (κ1) is 12.5. The number of nitrogens with zero attached hydrogens (tertiary/aromatic N) is 1. The average Bonchev–Trinajstić information content (AvgIpc) is 2.33. The normalized spacial score (nSPS) is 10.2. The van der Waals surface area contributed by atoms with Gasteiger partial charge in [-0.1, -0.05) is 11.6 Å². The number of carbonyl (C=O) groups excluding carboxylic acids is 1. The van der Waals surface area contributed by atoms with Gasteiger partial charge in [0.15, 0.2) is 5.78 Å². The first-order valence-corrected chi connectivity index (χ1v) is 5.54. The molecule has 0 radical (unpaired) electrons. The summed E-state index contributed by atoms with van der Waals surface area (Å²) in [6, 6.07) is 6.97. The van der Waals surface area contributed by atoms with Gasteiger partial charge in [0.05, 0.1) is 10.6 Å². The number of halogens is 2. The highest BCUT2D eigenvalue weighted by molar-refractivity contribution is 6.32. The van der Waals surface area contributed by atoms with Gasteiger partial charge in [-0.15, -0.1) is 0 Å². The zero-order valence-corrected chi connectivity index (χ0v) is 10.2. The maximum absolute atomic E-state index is 12.9. The Balaban J connectivity index is 2.37. The lowest BCUT2D eigenvalue weighted by Crippen LogP contribution is -1.99. The molecule has 2 rings (SSSR count).